The summed E-state index contributed by atoms with van der Waals surface area (Å²) < 4.78 is 5.18. The minimum absolute atomic E-state index is 0.443. The molecule has 16 heavy (non-hydrogen) atoms. The van der Waals surface area contributed by atoms with Crippen LogP contribution in [-0.2, 0) is 0 Å². The van der Waals surface area contributed by atoms with Crippen LogP contribution in [0, 0.1) is 5.41 Å². The Kier molecular flexibility index (Phi) is 3.08. The largest absolute Gasteiger partial charge is 0.497 e. The van der Waals surface area contributed by atoms with Gasteiger partial charge >= 0.3 is 0 Å². The molecule has 0 unspecified atom stereocenters. The average molecular weight is 219 g/mol. The molecule has 1 heterocycles. The molecule has 1 aliphatic rings. The van der Waals surface area contributed by atoms with Crippen molar-refractivity contribution in [1.29, 1.82) is 0 Å². The Hall–Kier alpha value is -1.18. The van der Waals surface area contributed by atoms with Crippen LogP contribution in [0.1, 0.15) is 26.7 Å². The Balaban J connectivity index is 2.11. The highest BCUT2D eigenvalue weighted by Gasteiger charge is 2.26. The van der Waals surface area contributed by atoms with Gasteiger partial charge < -0.3 is 9.64 Å². The van der Waals surface area contributed by atoms with Crippen LogP contribution in [0.25, 0.3) is 0 Å². The van der Waals surface area contributed by atoms with Crippen molar-refractivity contribution in [2.45, 2.75) is 26.7 Å². The van der Waals surface area contributed by atoms with Gasteiger partial charge in [0.15, 0.2) is 0 Å². The lowest BCUT2D eigenvalue weighted by atomic mass is 9.84. The minimum Gasteiger partial charge on any atom is -0.497 e. The van der Waals surface area contributed by atoms with Gasteiger partial charge in [-0.1, -0.05) is 13.8 Å². The van der Waals surface area contributed by atoms with Crippen molar-refractivity contribution in [2.75, 3.05) is 25.1 Å². The highest BCUT2D eigenvalue weighted by molar-refractivity contribution is 5.49. The molecule has 2 heteroatoms. The van der Waals surface area contributed by atoms with Gasteiger partial charge in [-0.05, 0) is 42.5 Å². The number of ether oxygens (including phenoxy) is 1. The summed E-state index contributed by atoms with van der Waals surface area (Å²) in [5.41, 5.74) is 1.76. The molecule has 1 fully saturated rings. The fourth-order valence-corrected chi connectivity index (χ4v) is 2.44. The van der Waals surface area contributed by atoms with Gasteiger partial charge in [-0.2, -0.15) is 0 Å². The number of nitrogens with zero attached hydrogens (tertiary/aromatic N) is 1. The van der Waals surface area contributed by atoms with Crippen LogP contribution in [-0.4, -0.2) is 20.2 Å². The fourth-order valence-electron chi connectivity index (χ4n) is 2.44. The molecule has 0 aliphatic carbocycles. The Morgan fingerprint density at radius 3 is 2.44 bits per heavy atom. The van der Waals surface area contributed by atoms with Crippen LogP contribution in [0.4, 0.5) is 5.69 Å². The van der Waals surface area contributed by atoms with E-state index in [-0.39, 0.29) is 0 Å². The first kappa shape index (κ1) is 11.3. The molecule has 0 radical (unpaired) electrons. The molecular weight excluding hydrogens is 198 g/mol. The van der Waals surface area contributed by atoms with Crippen molar-refractivity contribution in [3.63, 3.8) is 0 Å². The Bertz CT molecular complexity index is 342. The predicted molar refractivity (Wildman–Crippen MR) is 68.2 cm³/mol. The van der Waals surface area contributed by atoms with E-state index in [9.17, 15) is 0 Å². The van der Waals surface area contributed by atoms with Crippen molar-refractivity contribution in [1.82, 2.24) is 0 Å². The van der Waals surface area contributed by atoms with Gasteiger partial charge in [-0.3, -0.25) is 0 Å². The summed E-state index contributed by atoms with van der Waals surface area (Å²) in [5.74, 6) is 0.931. The lowest BCUT2D eigenvalue weighted by molar-refractivity contribution is 0.293. The second-order valence-electron chi connectivity index (χ2n) is 5.39. The maximum Gasteiger partial charge on any atom is 0.119 e. The third-order valence-electron chi connectivity index (χ3n) is 3.34. The van der Waals surface area contributed by atoms with E-state index < -0.39 is 0 Å². The summed E-state index contributed by atoms with van der Waals surface area (Å²) in [7, 11) is 1.71. The van der Waals surface area contributed by atoms with Crippen LogP contribution in [0.5, 0.6) is 5.75 Å². The van der Waals surface area contributed by atoms with Crippen LogP contribution in [0.3, 0.4) is 0 Å². The van der Waals surface area contributed by atoms with Gasteiger partial charge in [0.1, 0.15) is 5.75 Å². The molecule has 0 aromatic heterocycles. The first-order valence-electron chi connectivity index (χ1n) is 6.00. The number of benzene rings is 1. The van der Waals surface area contributed by atoms with Gasteiger partial charge in [0.05, 0.1) is 7.11 Å². The van der Waals surface area contributed by atoms with Crippen LogP contribution < -0.4 is 9.64 Å². The molecular formula is C14H21NO. The summed E-state index contributed by atoms with van der Waals surface area (Å²) >= 11 is 0. The molecule has 1 aromatic rings. The van der Waals surface area contributed by atoms with Crippen LogP contribution in [0.2, 0.25) is 0 Å². The fraction of sp³-hybridized carbons (Fsp3) is 0.571. The quantitative estimate of drug-likeness (QED) is 0.756. The zero-order valence-corrected chi connectivity index (χ0v) is 10.5. The van der Waals surface area contributed by atoms with Crippen molar-refractivity contribution >= 4 is 5.69 Å². The molecule has 1 saturated heterocycles. The SMILES string of the molecule is COc1ccc(N2CCCC(C)(C)C2)cc1. The number of anilines is 1. The van der Waals surface area contributed by atoms with E-state index in [1.807, 2.05) is 12.1 Å². The molecule has 1 aliphatic heterocycles. The number of hydrogen-bond acceptors (Lipinski definition) is 2. The van der Waals surface area contributed by atoms with Gasteiger partial charge in [0, 0.05) is 18.8 Å². The third kappa shape index (κ3) is 2.49. The molecule has 0 bridgehead atoms. The molecule has 0 N–H and O–H groups in total. The lowest BCUT2D eigenvalue weighted by Crippen LogP contribution is -2.40. The molecule has 1 aromatic carbocycles. The first-order chi connectivity index (χ1) is 7.61. The smallest absolute Gasteiger partial charge is 0.119 e. The summed E-state index contributed by atoms with van der Waals surface area (Å²) in [6, 6.07) is 8.38. The topological polar surface area (TPSA) is 12.5 Å². The van der Waals surface area contributed by atoms with E-state index in [1.165, 1.54) is 25.1 Å². The van der Waals surface area contributed by atoms with Crippen molar-refractivity contribution < 1.29 is 4.74 Å². The third-order valence-corrected chi connectivity index (χ3v) is 3.34. The maximum atomic E-state index is 5.18. The summed E-state index contributed by atoms with van der Waals surface area (Å²) in [5, 5.41) is 0. The summed E-state index contributed by atoms with van der Waals surface area (Å²) in [4.78, 5) is 2.48. The molecule has 0 atom stereocenters. The zero-order chi connectivity index (χ0) is 11.6. The molecule has 0 amide bonds. The van der Waals surface area contributed by atoms with E-state index in [0.29, 0.717) is 5.41 Å². The van der Waals surface area contributed by atoms with Gasteiger partial charge in [0.25, 0.3) is 0 Å². The molecule has 2 nitrogen and oxygen atoms in total. The van der Waals surface area contributed by atoms with Crippen molar-refractivity contribution in [3.05, 3.63) is 24.3 Å². The normalized spacial score (nSPS) is 19.6. The monoisotopic (exact) mass is 219 g/mol. The first-order valence-corrected chi connectivity index (χ1v) is 6.00. The highest BCUT2D eigenvalue weighted by atomic mass is 16.5. The van der Waals surface area contributed by atoms with Gasteiger partial charge in [-0.25, -0.2) is 0 Å². The molecule has 88 valence electrons. The van der Waals surface area contributed by atoms with E-state index in [2.05, 4.69) is 30.9 Å². The number of rotatable bonds is 2. The zero-order valence-electron chi connectivity index (χ0n) is 10.5. The molecule has 2 rings (SSSR count). The molecule has 0 saturated carbocycles. The highest BCUT2D eigenvalue weighted by Crippen LogP contribution is 2.31. The Morgan fingerprint density at radius 2 is 1.88 bits per heavy atom. The van der Waals surface area contributed by atoms with Crippen molar-refractivity contribution in [2.24, 2.45) is 5.41 Å². The number of hydrogen-bond donors (Lipinski definition) is 0. The van der Waals surface area contributed by atoms with Crippen LogP contribution in [0.15, 0.2) is 24.3 Å². The van der Waals surface area contributed by atoms with E-state index in [0.717, 1.165) is 12.3 Å². The predicted octanol–water partition coefficient (Wildman–Crippen LogP) is 3.32. The van der Waals surface area contributed by atoms with Gasteiger partial charge in [-0.15, -0.1) is 0 Å². The minimum atomic E-state index is 0.443. The standard InChI is InChI=1S/C14H21NO/c1-14(2)9-4-10-15(11-14)12-5-7-13(16-3)8-6-12/h5-8H,4,9-11H2,1-3H3. The Labute approximate surface area is 98.2 Å². The molecule has 0 spiro atoms. The maximum absolute atomic E-state index is 5.18. The number of piperidine rings is 1. The average Bonchev–Trinajstić information content (AvgIpc) is 2.28. The lowest BCUT2D eigenvalue weighted by Gasteiger charge is -2.39. The summed E-state index contributed by atoms with van der Waals surface area (Å²) in [6.45, 7) is 7.03. The second kappa shape index (κ2) is 4.36. The summed E-state index contributed by atoms with van der Waals surface area (Å²) in [6.07, 6.45) is 2.62. The Morgan fingerprint density at radius 1 is 1.19 bits per heavy atom. The van der Waals surface area contributed by atoms with Crippen molar-refractivity contribution in [3.8, 4) is 5.75 Å². The van der Waals surface area contributed by atoms with E-state index >= 15 is 0 Å². The van der Waals surface area contributed by atoms with Crippen LogP contribution >= 0.6 is 0 Å². The van der Waals surface area contributed by atoms with Gasteiger partial charge in [0.2, 0.25) is 0 Å². The van der Waals surface area contributed by atoms with E-state index in [1.54, 1.807) is 7.11 Å². The second-order valence-corrected chi connectivity index (χ2v) is 5.39. The van der Waals surface area contributed by atoms with E-state index in [4.69, 9.17) is 4.74 Å². The number of methoxy groups -OCH3 is 1.